The third-order valence-electron chi connectivity index (χ3n) is 5.02. The van der Waals surface area contributed by atoms with Crippen molar-refractivity contribution >= 4 is 57.0 Å². The zero-order valence-corrected chi connectivity index (χ0v) is 21.1. The Hall–Kier alpha value is -3.52. The van der Waals surface area contributed by atoms with Crippen LogP contribution in [0.4, 0.5) is 18.9 Å². The molecule has 0 aliphatic carbocycles. The first-order chi connectivity index (χ1) is 17.3. The Bertz CT molecular complexity index is 1260. The number of hydrogen-bond donors (Lipinski definition) is 6. The Morgan fingerprint density at radius 2 is 1.92 bits per heavy atom. The van der Waals surface area contributed by atoms with Crippen molar-refractivity contribution in [3.63, 3.8) is 0 Å². The van der Waals surface area contributed by atoms with Crippen LogP contribution in [0.15, 0.2) is 39.8 Å². The topological polar surface area (TPSA) is 152 Å². The molecule has 0 spiro atoms. The van der Waals surface area contributed by atoms with Crippen LogP contribution in [0.25, 0.3) is 0 Å². The second-order valence-electron chi connectivity index (χ2n) is 7.80. The Labute approximate surface area is 221 Å². The highest BCUT2D eigenvalue weighted by Crippen LogP contribution is 2.36. The first kappa shape index (κ1) is 28.1. The molecule has 1 heterocycles. The summed E-state index contributed by atoms with van der Waals surface area (Å²) in [6, 6.07) is 4.04. The Morgan fingerprint density at radius 1 is 1.19 bits per heavy atom. The van der Waals surface area contributed by atoms with Crippen molar-refractivity contribution in [2.24, 2.45) is 4.99 Å². The van der Waals surface area contributed by atoms with Crippen LogP contribution in [0.2, 0.25) is 5.02 Å². The van der Waals surface area contributed by atoms with E-state index in [9.17, 15) is 37.8 Å². The summed E-state index contributed by atoms with van der Waals surface area (Å²) >= 11 is 9.04. The lowest BCUT2D eigenvalue weighted by Crippen LogP contribution is -2.39. The molecule has 0 bridgehead atoms. The maximum atomic E-state index is 13.4. The van der Waals surface area contributed by atoms with E-state index < -0.39 is 48.5 Å². The number of carboxylic acid groups (broad SMARTS) is 1. The molecule has 10 nitrogen and oxygen atoms in total. The van der Waals surface area contributed by atoms with Gasteiger partial charge in [0, 0.05) is 28.4 Å². The molecular formula is C22H20BrClF3N5O5. The number of guanidine groups is 1. The Morgan fingerprint density at radius 3 is 2.54 bits per heavy atom. The first-order valence-corrected chi connectivity index (χ1v) is 11.8. The summed E-state index contributed by atoms with van der Waals surface area (Å²) in [6.07, 6.45) is -5.37. The summed E-state index contributed by atoms with van der Waals surface area (Å²) in [5, 5.41) is 29.7. The molecule has 0 saturated carbocycles. The maximum Gasteiger partial charge on any atom is 0.416 e. The molecule has 2 aromatic rings. The van der Waals surface area contributed by atoms with Crippen molar-refractivity contribution in [3.8, 4) is 5.75 Å². The highest BCUT2D eigenvalue weighted by molar-refractivity contribution is 9.10. The number of phenols is 1. The molecule has 0 fully saturated rings. The van der Waals surface area contributed by atoms with Gasteiger partial charge in [-0.05, 0) is 46.3 Å². The number of amides is 2. The molecular weight excluding hydrogens is 587 g/mol. The number of anilines is 1. The van der Waals surface area contributed by atoms with E-state index in [4.69, 9.17) is 11.6 Å². The smallest absolute Gasteiger partial charge is 0.416 e. The summed E-state index contributed by atoms with van der Waals surface area (Å²) in [6.45, 7) is 0.262. The number of hydrogen-bond acceptors (Lipinski definition) is 7. The molecule has 6 N–H and O–H groups in total. The second kappa shape index (κ2) is 11.7. The number of nitrogens with one attached hydrogen (secondary N) is 4. The molecule has 0 aromatic heterocycles. The number of carbonyl (C=O) groups excluding carboxylic acids is 2. The number of carboxylic acids is 1. The van der Waals surface area contributed by atoms with Crippen LogP contribution in [0.5, 0.6) is 5.75 Å². The first-order valence-electron chi connectivity index (χ1n) is 10.6. The van der Waals surface area contributed by atoms with E-state index >= 15 is 0 Å². The van der Waals surface area contributed by atoms with Gasteiger partial charge >= 0.3 is 12.1 Å². The number of alkyl halides is 3. The normalized spacial score (nSPS) is 13.8. The van der Waals surface area contributed by atoms with Crippen LogP contribution in [-0.2, 0) is 15.8 Å². The van der Waals surface area contributed by atoms with Crippen LogP contribution in [0, 0.1) is 0 Å². The molecule has 15 heteroatoms. The number of aliphatic imine (C=N–C) groups is 1. The van der Waals surface area contributed by atoms with Gasteiger partial charge in [-0.3, -0.25) is 19.4 Å². The predicted molar refractivity (Wildman–Crippen MR) is 132 cm³/mol. The van der Waals surface area contributed by atoms with Gasteiger partial charge in [-0.25, -0.2) is 0 Å². The van der Waals surface area contributed by atoms with Gasteiger partial charge in [-0.15, -0.1) is 0 Å². The number of aliphatic carboxylic acids is 1. The molecule has 198 valence electrons. The van der Waals surface area contributed by atoms with Crippen molar-refractivity contribution in [2.75, 3.05) is 25.0 Å². The molecule has 1 aliphatic rings. The van der Waals surface area contributed by atoms with Crippen molar-refractivity contribution < 1.29 is 37.8 Å². The minimum atomic E-state index is -4.74. The minimum absolute atomic E-state index is 0.0125. The molecule has 2 amide bonds. The van der Waals surface area contributed by atoms with Crippen molar-refractivity contribution in [1.29, 1.82) is 0 Å². The number of rotatable bonds is 8. The molecule has 37 heavy (non-hydrogen) atoms. The van der Waals surface area contributed by atoms with Gasteiger partial charge < -0.3 is 31.5 Å². The van der Waals surface area contributed by atoms with Crippen molar-refractivity contribution in [1.82, 2.24) is 16.0 Å². The molecule has 1 unspecified atom stereocenters. The quantitative estimate of drug-likeness (QED) is 0.270. The summed E-state index contributed by atoms with van der Waals surface area (Å²) in [4.78, 5) is 40.4. The van der Waals surface area contributed by atoms with Gasteiger partial charge in [0.2, 0.25) is 5.91 Å². The summed E-state index contributed by atoms with van der Waals surface area (Å²) in [5.41, 5.74) is -1.49. The Balaban J connectivity index is 1.74. The SMILES string of the molecule is O=C(O)CC(NC(=O)CNC(=O)c1cc(NC2=NCCN2)cc(C(F)(F)F)c1)c1cc(Cl)cc(Br)c1O. The van der Waals surface area contributed by atoms with E-state index in [0.29, 0.717) is 19.2 Å². The lowest BCUT2D eigenvalue weighted by Gasteiger charge is -2.20. The minimum Gasteiger partial charge on any atom is -0.506 e. The molecule has 3 rings (SSSR count). The second-order valence-corrected chi connectivity index (χ2v) is 9.10. The van der Waals surface area contributed by atoms with Crippen molar-refractivity contribution in [3.05, 3.63) is 56.5 Å². The van der Waals surface area contributed by atoms with E-state index in [1.807, 2.05) is 0 Å². The third-order valence-corrected chi connectivity index (χ3v) is 5.84. The number of nitrogens with zero attached hydrogens (tertiary/aromatic N) is 1. The van der Waals surface area contributed by atoms with Crippen LogP contribution in [0.1, 0.15) is 33.9 Å². The number of carbonyl (C=O) groups is 3. The molecule has 1 aliphatic heterocycles. The fourth-order valence-corrected chi connectivity index (χ4v) is 4.22. The maximum absolute atomic E-state index is 13.4. The molecule has 1 atom stereocenters. The Kier molecular flexibility index (Phi) is 8.86. The zero-order chi connectivity index (χ0) is 27.3. The summed E-state index contributed by atoms with van der Waals surface area (Å²) < 4.78 is 40.3. The predicted octanol–water partition coefficient (Wildman–Crippen LogP) is 3.26. The number of halogens is 5. The highest BCUT2D eigenvalue weighted by atomic mass is 79.9. The monoisotopic (exact) mass is 605 g/mol. The van der Waals surface area contributed by atoms with Crippen LogP contribution in [0.3, 0.4) is 0 Å². The van der Waals surface area contributed by atoms with Crippen molar-refractivity contribution in [2.45, 2.75) is 18.6 Å². The van der Waals surface area contributed by atoms with Gasteiger partial charge in [0.05, 0.1) is 35.6 Å². The van der Waals surface area contributed by atoms with Gasteiger partial charge in [0.1, 0.15) is 5.75 Å². The third kappa shape index (κ3) is 7.73. The number of aromatic hydroxyl groups is 1. The molecule has 0 saturated heterocycles. The lowest BCUT2D eigenvalue weighted by atomic mass is 10.0. The summed E-state index contributed by atoms with van der Waals surface area (Å²) in [5.74, 6) is -3.22. The summed E-state index contributed by atoms with van der Waals surface area (Å²) in [7, 11) is 0. The van der Waals surface area contributed by atoms with Gasteiger partial charge in [0.25, 0.3) is 5.91 Å². The van der Waals surface area contributed by atoms with Crippen LogP contribution in [-0.4, -0.2) is 53.6 Å². The molecule has 2 aromatic carbocycles. The van der Waals surface area contributed by atoms with Crippen LogP contribution >= 0.6 is 27.5 Å². The fourth-order valence-electron chi connectivity index (χ4n) is 3.39. The average molecular weight is 607 g/mol. The van der Waals surface area contributed by atoms with Gasteiger partial charge in [-0.2, -0.15) is 13.2 Å². The van der Waals surface area contributed by atoms with E-state index in [1.54, 1.807) is 0 Å². The van der Waals surface area contributed by atoms with E-state index in [-0.39, 0.29) is 38.0 Å². The van der Waals surface area contributed by atoms with Crippen LogP contribution < -0.4 is 21.3 Å². The van der Waals surface area contributed by atoms with E-state index in [0.717, 1.165) is 6.07 Å². The largest absolute Gasteiger partial charge is 0.506 e. The number of benzene rings is 2. The van der Waals surface area contributed by atoms with E-state index in [2.05, 4.69) is 42.2 Å². The zero-order valence-electron chi connectivity index (χ0n) is 18.7. The standard InChI is InChI=1S/C22H20BrClF3N5O5/c23-15-7-12(24)6-14(19(15)36)16(8-18(34)35)32-17(33)9-30-20(37)10-3-11(22(25,26)27)5-13(4-10)31-21-28-1-2-29-21/h3-7,16,36H,1-2,8-9H2,(H,30,37)(H,32,33)(H,34,35)(H2,28,29,31). The average Bonchev–Trinajstić information content (AvgIpc) is 3.31. The lowest BCUT2D eigenvalue weighted by molar-refractivity contribution is -0.138. The van der Waals surface area contributed by atoms with Gasteiger partial charge in [0.15, 0.2) is 5.96 Å². The molecule has 0 radical (unpaired) electrons. The fraction of sp³-hybridized carbons (Fsp3) is 0.273. The highest BCUT2D eigenvalue weighted by Gasteiger charge is 2.32. The number of phenolic OH excluding ortho intramolecular Hbond substituents is 1. The van der Waals surface area contributed by atoms with E-state index in [1.165, 1.54) is 18.2 Å². The van der Waals surface area contributed by atoms with Gasteiger partial charge in [-0.1, -0.05) is 11.6 Å².